The SMILES string of the molecule is C[C@@H]1CN(C2CCN(c3cnc4c(-c5ccc(C#N)cc5)cccc4c3C3CC3)CC2F)C[C@H](C)O1. The minimum absolute atomic E-state index is 0.0455. The first-order valence-electron chi connectivity index (χ1n) is 13.2. The lowest BCUT2D eigenvalue weighted by molar-refractivity contribution is -0.0910. The van der Waals surface area contributed by atoms with Gasteiger partial charge in [0.25, 0.3) is 0 Å². The van der Waals surface area contributed by atoms with Crippen LogP contribution in [0.4, 0.5) is 10.1 Å². The van der Waals surface area contributed by atoms with Gasteiger partial charge in [0.15, 0.2) is 0 Å². The second-order valence-corrected chi connectivity index (χ2v) is 10.8. The van der Waals surface area contributed by atoms with Gasteiger partial charge in [-0.05, 0) is 62.3 Å². The van der Waals surface area contributed by atoms with E-state index in [0.29, 0.717) is 18.0 Å². The predicted octanol–water partition coefficient (Wildman–Crippen LogP) is 5.68. The zero-order valence-corrected chi connectivity index (χ0v) is 21.0. The van der Waals surface area contributed by atoms with E-state index >= 15 is 4.39 Å². The summed E-state index contributed by atoms with van der Waals surface area (Å²) in [7, 11) is 0. The Morgan fingerprint density at radius 1 is 1.00 bits per heavy atom. The van der Waals surface area contributed by atoms with Crippen molar-refractivity contribution in [2.24, 2.45) is 0 Å². The summed E-state index contributed by atoms with van der Waals surface area (Å²) in [4.78, 5) is 9.49. The van der Waals surface area contributed by atoms with Crippen molar-refractivity contribution in [3.8, 4) is 17.2 Å². The highest BCUT2D eigenvalue weighted by molar-refractivity contribution is 5.98. The maximum Gasteiger partial charge on any atom is 0.133 e. The summed E-state index contributed by atoms with van der Waals surface area (Å²) in [6, 6.07) is 16.2. The van der Waals surface area contributed by atoms with Crippen LogP contribution in [0.25, 0.3) is 22.0 Å². The van der Waals surface area contributed by atoms with Crippen molar-refractivity contribution in [3.05, 3.63) is 59.8 Å². The third kappa shape index (κ3) is 4.36. The molecule has 1 aliphatic carbocycles. The van der Waals surface area contributed by atoms with E-state index in [1.165, 1.54) is 23.8 Å². The Labute approximate surface area is 212 Å². The van der Waals surface area contributed by atoms with Gasteiger partial charge in [0, 0.05) is 36.6 Å². The number of hydrogen-bond donors (Lipinski definition) is 0. The molecule has 36 heavy (non-hydrogen) atoms. The number of morpholine rings is 1. The van der Waals surface area contributed by atoms with Gasteiger partial charge in [0.2, 0.25) is 0 Å². The molecule has 186 valence electrons. The summed E-state index contributed by atoms with van der Waals surface area (Å²) in [5.74, 6) is 0.512. The molecule has 0 spiro atoms. The summed E-state index contributed by atoms with van der Waals surface area (Å²) in [5.41, 5.74) is 6.19. The molecule has 0 bridgehead atoms. The number of rotatable bonds is 4. The number of hydrogen-bond acceptors (Lipinski definition) is 5. The quantitative estimate of drug-likeness (QED) is 0.477. The molecule has 3 aromatic rings. The lowest BCUT2D eigenvalue weighted by Gasteiger charge is -2.45. The van der Waals surface area contributed by atoms with Crippen LogP contribution in [0.1, 0.15) is 50.2 Å². The molecular weight excluding hydrogens is 451 g/mol. The largest absolute Gasteiger partial charge is 0.373 e. The van der Waals surface area contributed by atoms with Crippen molar-refractivity contribution in [2.75, 3.05) is 31.1 Å². The molecule has 2 aromatic carbocycles. The third-order valence-electron chi connectivity index (χ3n) is 7.99. The monoisotopic (exact) mass is 484 g/mol. The van der Waals surface area contributed by atoms with Gasteiger partial charge in [-0.1, -0.05) is 30.3 Å². The molecular formula is C30H33FN4O. The first-order chi connectivity index (χ1) is 17.5. The standard InChI is InChI=1S/C30H33FN4O/c1-19-16-35(17-20(2)36-19)27-12-13-34(18-26(27)31)28-15-33-30-24(22-8-6-21(14-32)7-9-22)4-3-5-25(30)29(28)23-10-11-23/h3-9,15,19-20,23,26-27H,10-13,16-18H2,1-2H3/t19-,20+,26?,27?. The summed E-state index contributed by atoms with van der Waals surface area (Å²) < 4.78 is 21.5. The van der Waals surface area contributed by atoms with E-state index in [4.69, 9.17) is 15.0 Å². The number of alkyl halides is 1. The van der Waals surface area contributed by atoms with Gasteiger partial charge in [0.1, 0.15) is 6.17 Å². The van der Waals surface area contributed by atoms with Crippen LogP contribution in [0, 0.1) is 11.3 Å². The van der Waals surface area contributed by atoms with E-state index < -0.39 is 6.17 Å². The van der Waals surface area contributed by atoms with Crippen molar-refractivity contribution in [2.45, 2.75) is 63.4 Å². The van der Waals surface area contributed by atoms with Gasteiger partial charge in [-0.2, -0.15) is 5.26 Å². The lowest BCUT2D eigenvalue weighted by Crippen LogP contribution is -2.58. The highest BCUT2D eigenvalue weighted by atomic mass is 19.1. The summed E-state index contributed by atoms with van der Waals surface area (Å²) >= 11 is 0. The minimum Gasteiger partial charge on any atom is -0.373 e. The average molecular weight is 485 g/mol. The smallest absolute Gasteiger partial charge is 0.133 e. The second kappa shape index (κ2) is 9.46. The molecule has 5 nitrogen and oxygen atoms in total. The fourth-order valence-electron chi connectivity index (χ4n) is 6.25. The lowest BCUT2D eigenvalue weighted by atomic mass is 9.94. The van der Waals surface area contributed by atoms with Crippen molar-refractivity contribution in [1.82, 2.24) is 9.88 Å². The summed E-state index contributed by atoms with van der Waals surface area (Å²) in [6.45, 7) is 7.02. The van der Waals surface area contributed by atoms with E-state index in [1.54, 1.807) is 0 Å². The molecule has 1 saturated carbocycles. The van der Waals surface area contributed by atoms with Gasteiger partial charge in [0.05, 0.1) is 47.8 Å². The minimum atomic E-state index is -0.899. The van der Waals surface area contributed by atoms with Gasteiger partial charge >= 0.3 is 0 Å². The molecule has 0 radical (unpaired) electrons. The van der Waals surface area contributed by atoms with Crippen LogP contribution in [-0.4, -0.2) is 60.5 Å². The van der Waals surface area contributed by atoms with Crippen LogP contribution in [0.2, 0.25) is 0 Å². The topological polar surface area (TPSA) is 52.4 Å². The van der Waals surface area contributed by atoms with Crippen LogP contribution in [0.5, 0.6) is 0 Å². The van der Waals surface area contributed by atoms with Gasteiger partial charge < -0.3 is 9.64 Å². The van der Waals surface area contributed by atoms with Crippen molar-refractivity contribution in [3.63, 3.8) is 0 Å². The molecule has 3 fully saturated rings. The fourth-order valence-corrected chi connectivity index (χ4v) is 6.25. The number of nitriles is 1. The number of anilines is 1. The Morgan fingerprint density at radius 2 is 1.75 bits per heavy atom. The Hall–Kier alpha value is -3.01. The number of piperidine rings is 1. The van der Waals surface area contributed by atoms with Gasteiger partial charge in [-0.15, -0.1) is 0 Å². The number of nitrogens with zero attached hydrogens (tertiary/aromatic N) is 4. The van der Waals surface area contributed by atoms with E-state index in [0.717, 1.165) is 48.4 Å². The van der Waals surface area contributed by atoms with E-state index in [-0.39, 0.29) is 18.2 Å². The number of aromatic nitrogens is 1. The van der Waals surface area contributed by atoms with E-state index in [1.807, 2.05) is 30.5 Å². The third-order valence-corrected chi connectivity index (χ3v) is 7.99. The Kier molecular flexibility index (Phi) is 6.15. The Morgan fingerprint density at radius 3 is 2.42 bits per heavy atom. The second-order valence-electron chi connectivity index (χ2n) is 10.8. The van der Waals surface area contributed by atoms with Crippen LogP contribution >= 0.6 is 0 Å². The average Bonchev–Trinajstić information content (AvgIpc) is 3.72. The molecule has 2 unspecified atom stereocenters. The molecule has 2 aliphatic heterocycles. The van der Waals surface area contributed by atoms with Crippen LogP contribution in [0.15, 0.2) is 48.7 Å². The predicted molar refractivity (Wildman–Crippen MR) is 141 cm³/mol. The molecule has 6 rings (SSSR count). The maximum absolute atomic E-state index is 15.7. The highest BCUT2D eigenvalue weighted by Crippen LogP contribution is 2.48. The number of para-hydroxylation sites is 1. The van der Waals surface area contributed by atoms with Gasteiger partial charge in [-0.3, -0.25) is 9.88 Å². The Balaban J connectivity index is 1.31. The van der Waals surface area contributed by atoms with Crippen LogP contribution < -0.4 is 4.90 Å². The number of fused-ring (bicyclic) bond motifs is 1. The first-order valence-corrected chi connectivity index (χ1v) is 13.2. The number of ether oxygens (including phenoxy) is 1. The molecule has 3 aliphatic rings. The van der Waals surface area contributed by atoms with Crippen molar-refractivity contribution >= 4 is 16.6 Å². The molecule has 1 aromatic heterocycles. The van der Waals surface area contributed by atoms with Crippen LogP contribution in [-0.2, 0) is 4.74 Å². The number of benzene rings is 2. The molecule has 2 saturated heterocycles. The van der Waals surface area contributed by atoms with Crippen molar-refractivity contribution in [1.29, 1.82) is 5.26 Å². The summed E-state index contributed by atoms with van der Waals surface area (Å²) in [5, 5.41) is 10.3. The number of halogens is 1. The summed E-state index contributed by atoms with van der Waals surface area (Å²) in [6.07, 6.45) is 4.54. The Bertz CT molecular complexity index is 1290. The highest BCUT2D eigenvalue weighted by Gasteiger charge is 2.38. The fraction of sp³-hybridized carbons (Fsp3) is 0.467. The van der Waals surface area contributed by atoms with Crippen LogP contribution in [0.3, 0.4) is 0 Å². The van der Waals surface area contributed by atoms with E-state index in [2.05, 4.69) is 47.9 Å². The normalized spacial score (nSPS) is 27.2. The molecule has 4 atom stereocenters. The zero-order chi connectivity index (χ0) is 24.8. The molecule has 6 heteroatoms. The molecule has 0 N–H and O–H groups in total. The zero-order valence-electron chi connectivity index (χ0n) is 21.0. The van der Waals surface area contributed by atoms with Crippen molar-refractivity contribution < 1.29 is 9.13 Å². The molecule has 3 heterocycles. The van der Waals surface area contributed by atoms with E-state index in [9.17, 15) is 0 Å². The maximum atomic E-state index is 15.7. The number of pyridine rings is 1. The molecule has 0 amide bonds. The van der Waals surface area contributed by atoms with Gasteiger partial charge in [-0.25, -0.2) is 4.39 Å². The first kappa shape index (κ1) is 23.4.